The summed E-state index contributed by atoms with van der Waals surface area (Å²) in [6, 6.07) is 26.6. The van der Waals surface area contributed by atoms with E-state index in [1.807, 2.05) is 65.2 Å². The van der Waals surface area contributed by atoms with Gasteiger partial charge in [-0.3, -0.25) is 14.2 Å². The first-order chi connectivity index (χ1) is 15.7. The number of hydrogen-bond donors (Lipinski definition) is 0. The Morgan fingerprint density at radius 1 is 0.719 bits per heavy atom. The molecule has 0 radical (unpaired) electrons. The third-order valence-electron chi connectivity index (χ3n) is 5.46. The van der Waals surface area contributed by atoms with Crippen LogP contribution >= 0.6 is 11.3 Å². The van der Waals surface area contributed by atoms with Crippen molar-refractivity contribution in [2.24, 2.45) is 0 Å². The van der Waals surface area contributed by atoms with Gasteiger partial charge < -0.3 is 0 Å². The van der Waals surface area contributed by atoms with Crippen LogP contribution in [0.25, 0.3) is 32.8 Å². The third-order valence-corrected chi connectivity index (χ3v) is 6.45. The lowest BCUT2D eigenvalue weighted by molar-refractivity contribution is 0.0990. The summed E-state index contributed by atoms with van der Waals surface area (Å²) in [6.07, 6.45) is 1.59. The van der Waals surface area contributed by atoms with Crippen molar-refractivity contribution in [1.82, 2.24) is 14.5 Å². The van der Waals surface area contributed by atoms with Gasteiger partial charge in [0.1, 0.15) is 10.8 Å². The van der Waals surface area contributed by atoms with Crippen LogP contribution in [0.3, 0.4) is 0 Å². The number of benzene rings is 3. The van der Waals surface area contributed by atoms with Crippen LogP contribution in [0.1, 0.15) is 26.5 Å². The number of ketones is 2. The largest absolute Gasteiger partial charge is 0.288 e. The molecule has 32 heavy (non-hydrogen) atoms. The van der Waals surface area contributed by atoms with Gasteiger partial charge >= 0.3 is 0 Å². The topological polar surface area (TPSA) is 64.8 Å². The number of thiazole rings is 1. The molecule has 5 aromatic rings. The number of para-hydroxylation sites is 1. The van der Waals surface area contributed by atoms with Gasteiger partial charge in [0.2, 0.25) is 0 Å². The van der Waals surface area contributed by atoms with E-state index in [0.717, 1.165) is 21.1 Å². The number of fused-ring (bicyclic) bond motifs is 2. The van der Waals surface area contributed by atoms with E-state index in [0.29, 0.717) is 22.6 Å². The van der Waals surface area contributed by atoms with Crippen molar-refractivity contribution in [2.45, 2.75) is 0 Å². The molecule has 152 valence electrons. The Morgan fingerprint density at radius 3 is 1.97 bits per heavy atom. The molecule has 0 spiro atoms. The van der Waals surface area contributed by atoms with Gasteiger partial charge in [-0.05, 0) is 18.2 Å². The predicted octanol–water partition coefficient (Wildman–Crippen LogP) is 5.61. The highest BCUT2D eigenvalue weighted by atomic mass is 32.1. The van der Waals surface area contributed by atoms with Gasteiger partial charge in [-0.25, -0.2) is 9.97 Å². The van der Waals surface area contributed by atoms with Crippen LogP contribution in [0.15, 0.2) is 90.5 Å². The maximum Gasteiger partial charge on any atom is 0.197 e. The first-order valence-electron chi connectivity index (χ1n) is 10.1. The summed E-state index contributed by atoms with van der Waals surface area (Å²) in [5.74, 6) is -0.0296. The van der Waals surface area contributed by atoms with E-state index in [4.69, 9.17) is 9.97 Å². The lowest BCUT2D eigenvalue weighted by Crippen LogP contribution is -2.04. The van der Waals surface area contributed by atoms with Gasteiger partial charge in [0.15, 0.2) is 22.0 Å². The van der Waals surface area contributed by atoms with E-state index >= 15 is 0 Å². The zero-order chi connectivity index (χ0) is 21.7. The fourth-order valence-electron chi connectivity index (χ4n) is 3.95. The van der Waals surface area contributed by atoms with Gasteiger partial charge in [0, 0.05) is 22.4 Å². The van der Waals surface area contributed by atoms with E-state index < -0.39 is 0 Å². The van der Waals surface area contributed by atoms with Crippen molar-refractivity contribution in [1.29, 1.82) is 0 Å². The molecule has 0 N–H and O–H groups in total. The molecule has 0 aliphatic heterocycles. The molecule has 0 saturated carbocycles. The summed E-state index contributed by atoms with van der Waals surface area (Å²) in [5, 5.41) is 0.868. The predicted molar refractivity (Wildman–Crippen MR) is 125 cm³/mol. The summed E-state index contributed by atoms with van der Waals surface area (Å²) < 4.78 is 1.90. The van der Waals surface area contributed by atoms with Crippen LogP contribution in [-0.2, 0) is 0 Å². The van der Waals surface area contributed by atoms with Crippen LogP contribution in [0.4, 0.5) is 0 Å². The highest BCUT2D eigenvalue weighted by molar-refractivity contribution is 7.21. The fraction of sp³-hybridized carbons (Fsp3) is 0. The molecule has 1 aliphatic carbocycles. The van der Waals surface area contributed by atoms with E-state index in [9.17, 15) is 9.59 Å². The number of aromatic nitrogens is 3. The second-order valence-electron chi connectivity index (χ2n) is 7.42. The van der Waals surface area contributed by atoms with Gasteiger partial charge in [0.05, 0.1) is 5.57 Å². The molecule has 0 unspecified atom stereocenters. The van der Waals surface area contributed by atoms with E-state index in [1.165, 1.54) is 11.3 Å². The summed E-state index contributed by atoms with van der Waals surface area (Å²) >= 11 is 1.48. The number of Topliss-reactive ketones (excluding diaryl/α,β-unsaturated/α-hetero) is 2. The molecular weight excluding hydrogens is 418 g/mol. The number of allylic oxidation sites excluding steroid dienone is 1. The highest BCUT2D eigenvalue weighted by Crippen LogP contribution is 2.34. The van der Waals surface area contributed by atoms with E-state index in [-0.39, 0.29) is 17.1 Å². The van der Waals surface area contributed by atoms with Crippen molar-refractivity contribution in [2.75, 3.05) is 0 Å². The number of rotatable bonds is 3. The second kappa shape index (κ2) is 7.21. The minimum absolute atomic E-state index is 0.129. The SMILES string of the molecule is O=C1C(=Cc2nc3sc(-c4ccccc4)nc3n2-c2ccccc2)C(=O)c2ccccc21. The molecule has 6 rings (SSSR count). The number of carbonyl (C=O) groups is 2. The molecule has 0 saturated heterocycles. The normalized spacial score (nSPS) is 13.1. The average molecular weight is 433 g/mol. The van der Waals surface area contributed by atoms with Crippen molar-refractivity contribution >= 4 is 39.5 Å². The minimum Gasteiger partial charge on any atom is -0.288 e. The van der Waals surface area contributed by atoms with Crippen LogP contribution in [0, 0.1) is 0 Å². The van der Waals surface area contributed by atoms with E-state index in [2.05, 4.69) is 0 Å². The lowest BCUT2D eigenvalue weighted by atomic mass is 10.1. The quantitative estimate of drug-likeness (QED) is 0.274. The molecule has 0 amide bonds. The number of nitrogens with zero attached hydrogens (tertiary/aromatic N) is 3. The third kappa shape index (κ3) is 2.85. The zero-order valence-corrected chi connectivity index (χ0v) is 17.5. The number of carbonyl (C=O) groups excluding carboxylic acids is 2. The smallest absolute Gasteiger partial charge is 0.197 e. The monoisotopic (exact) mass is 433 g/mol. The van der Waals surface area contributed by atoms with Crippen LogP contribution in [0.2, 0.25) is 0 Å². The van der Waals surface area contributed by atoms with Crippen molar-refractivity contribution in [3.05, 3.63) is 107 Å². The van der Waals surface area contributed by atoms with Crippen molar-refractivity contribution in [3.63, 3.8) is 0 Å². The molecule has 2 heterocycles. The lowest BCUT2D eigenvalue weighted by Gasteiger charge is -2.06. The van der Waals surface area contributed by atoms with Crippen molar-refractivity contribution < 1.29 is 9.59 Å². The standard InChI is InChI=1S/C26H15N3O2S/c30-22-18-13-7-8-14-19(18)23(31)20(22)15-21-27-26-24(29(21)17-11-5-2-6-12-17)28-25(32-26)16-9-3-1-4-10-16/h1-15H. The van der Waals surface area contributed by atoms with Crippen LogP contribution in [0.5, 0.6) is 0 Å². The highest BCUT2D eigenvalue weighted by Gasteiger charge is 2.33. The van der Waals surface area contributed by atoms with Crippen LogP contribution in [-0.4, -0.2) is 26.1 Å². The molecule has 6 heteroatoms. The molecular formula is C26H15N3O2S. The molecule has 3 aromatic carbocycles. The Morgan fingerprint density at radius 2 is 1.31 bits per heavy atom. The molecule has 0 fully saturated rings. The second-order valence-corrected chi connectivity index (χ2v) is 8.39. The summed E-state index contributed by atoms with van der Waals surface area (Å²) in [7, 11) is 0. The Bertz CT molecular complexity index is 1510. The Balaban J connectivity index is 1.55. The first-order valence-corrected chi connectivity index (χ1v) is 10.9. The van der Waals surface area contributed by atoms with Gasteiger partial charge in [-0.15, -0.1) is 0 Å². The van der Waals surface area contributed by atoms with Gasteiger partial charge in [-0.2, -0.15) is 0 Å². The number of imidazole rings is 1. The van der Waals surface area contributed by atoms with Crippen molar-refractivity contribution in [3.8, 4) is 16.3 Å². The van der Waals surface area contributed by atoms with Gasteiger partial charge in [-0.1, -0.05) is 84.1 Å². The first kappa shape index (κ1) is 18.6. The molecule has 0 atom stereocenters. The maximum atomic E-state index is 12.9. The summed E-state index contributed by atoms with van der Waals surface area (Å²) in [5.41, 5.74) is 3.58. The van der Waals surface area contributed by atoms with Crippen LogP contribution < -0.4 is 0 Å². The Labute approximate surface area is 187 Å². The summed E-state index contributed by atoms with van der Waals surface area (Å²) in [4.78, 5) is 36.2. The Kier molecular flexibility index (Phi) is 4.19. The maximum absolute atomic E-state index is 12.9. The molecule has 5 nitrogen and oxygen atoms in total. The Hall–Kier alpha value is -4.16. The molecule has 1 aliphatic rings. The van der Waals surface area contributed by atoms with Gasteiger partial charge in [0.25, 0.3) is 0 Å². The molecule has 0 bridgehead atoms. The fourth-order valence-corrected chi connectivity index (χ4v) is 4.89. The molecule has 2 aromatic heterocycles. The van der Waals surface area contributed by atoms with E-state index in [1.54, 1.807) is 30.3 Å². The number of hydrogen-bond acceptors (Lipinski definition) is 5. The minimum atomic E-state index is -0.269. The average Bonchev–Trinajstić information content (AvgIpc) is 3.47. The zero-order valence-electron chi connectivity index (χ0n) is 16.7. The summed E-state index contributed by atoms with van der Waals surface area (Å²) in [6.45, 7) is 0.